The zero-order valence-corrected chi connectivity index (χ0v) is 55.7. The van der Waals surface area contributed by atoms with Crippen molar-refractivity contribution in [2.24, 2.45) is 0 Å². The molecule has 16 rings (SSSR count). The van der Waals surface area contributed by atoms with Gasteiger partial charge < -0.3 is 18.3 Å². The van der Waals surface area contributed by atoms with Crippen LogP contribution in [0.5, 0.6) is 0 Å². The van der Waals surface area contributed by atoms with Gasteiger partial charge in [-0.25, -0.2) is 39.9 Å². The minimum Gasteiger partial charge on any atom is -0.306 e. The monoisotopic (exact) mass is 1230 g/mol. The summed E-state index contributed by atoms with van der Waals surface area (Å²) < 4.78 is 9.29. The fourth-order valence-corrected chi connectivity index (χ4v) is 18.6. The Morgan fingerprint density at radius 2 is 0.430 bits per heavy atom. The number of rotatable bonds is 8. The maximum Gasteiger partial charge on any atom is 0.179 e. The van der Waals surface area contributed by atoms with Crippen LogP contribution >= 0.6 is 0 Å². The van der Waals surface area contributed by atoms with Crippen LogP contribution < -0.4 is 20.7 Å². The van der Waals surface area contributed by atoms with Gasteiger partial charge in [0, 0.05) is 66.0 Å². The average Bonchev–Trinajstić information content (AvgIpc) is 1.75. The topological polar surface area (TPSA) is 123 Å². The second kappa shape index (κ2) is 20.8. The molecule has 0 N–H and O–H groups in total. The van der Waals surface area contributed by atoms with Crippen LogP contribution in [0, 0.1) is 0 Å². The molecule has 0 aliphatic rings. The summed E-state index contributed by atoms with van der Waals surface area (Å²) >= 11 is 0. The Hall–Kier alpha value is -10.5. The van der Waals surface area contributed by atoms with Gasteiger partial charge in [0.15, 0.2) is 8.07 Å². The lowest BCUT2D eigenvalue weighted by molar-refractivity contribution is 0.548. The van der Waals surface area contributed by atoms with Gasteiger partial charge in [0.2, 0.25) is 0 Å². The summed E-state index contributed by atoms with van der Waals surface area (Å²) in [5.74, 6) is 3.26. The number of para-hydroxylation sites is 4. The van der Waals surface area contributed by atoms with Gasteiger partial charge in [0.05, 0.1) is 68.9 Å². The first-order chi connectivity index (χ1) is 44.6. The molecule has 0 amide bonds. The van der Waals surface area contributed by atoms with Gasteiger partial charge in [-0.2, -0.15) is 0 Å². The van der Waals surface area contributed by atoms with Crippen LogP contribution in [0.15, 0.2) is 219 Å². The molecule has 0 aliphatic heterocycles. The molecule has 0 aliphatic carbocycles. The summed E-state index contributed by atoms with van der Waals surface area (Å²) in [5, 5.41) is 9.22. The molecule has 0 radical (unpaired) electrons. The molecule has 12 nitrogen and oxygen atoms in total. The standard InChI is InChI=1S/C80H72N12Si/c1-77(2,3)73-81-45-65-69(85-73)57-21-13-17-25-61(57)89(65)49-29-37-53(38-30-49)93(54-39-31-50(32-40-54)90-62-26-18-14-22-58(62)70-66(90)46-82-74(86-70)78(4,5)6,55-41-33-51(34-42-55)91-63-27-19-15-23-59(63)71-67(91)47-83-75(87-71)79(7,8)9)56-43-35-52(36-44-56)92-64-28-20-16-24-60(64)72-68(92)48-84-76(88-72)80(10,11)12/h13-48H,1-12H3. The highest BCUT2D eigenvalue weighted by atomic mass is 28.3. The molecule has 0 saturated carbocycles. The lowest BCUT2D eigenvalue weighted by Gasteiger charge is -2.35. The number of hydrogen-bond donors (Lipinski definition) is 0. The Kier molecular flexibility index (Phi) is 12.9. The third-order valence-corrected chi connectivity index (χ3v) is 23.4. The molecule has 16 aromatic rings. The van der Waals surface area contributed by atoms with Crippen molar-refractivity contribution < 1.29 is 0 Å². The Balaban J connectivity index is 0.944. The number of aromatic nitrogens is 12. The Bertz CT molecular complexity index is 4940. The van der Waals surface area contributed by atoms with Gasteiger partial charge in [-0.1, -0.05) is 204 Å². The van der Waals surface area contributed by atoms with Crippen molar-refractivity contribution in [2.75, 3.05) is 0 Å². The van der Waals surface area contributed by atoms with E-state index in [9.17, 15) is 0 Å². The lowest BCUT2D eigenvalue weighted by Crippen LogP contribution is -2.74. The van der Waals surface area contributed by atoms with E-state index in [1.54, 1.807) is 0 Å². The van der Waals surface area contributed by atoms with Crippen LogP contribution in [0.4, 0.5) is 0 Å². The first-order valence-electron chi connectivity index (χ1n) is 32.1. The van der Waals surface area contributed by atoms with Crippen LogP contribution in [-0.4, -0.2) is 66.2 Å². The minimum atomic E-state index is -3.41. The highest BCUT2D eigenvalue weighted by Gasteiger charge is 2.42. The molecular weight excluding hydrogens is 1160 g/mol. The zero-order chi connectivity index (χ0) is 64.1. The summed E-state index contributed by atoms with van der Waals surface area (Å²) in [4.78, 5) is 41.1. The second-order valence-electron chi connectivity index (χ2n) is 29.1. The first kappa shape index (κ1) is 57.6. The van der Waals surface area contributed by atoms with E-state index in [0.29, 0.717) is 0 Å². The molecule has 8 aromatic carbocycles. The molecule has 93 heavy (non-hydrogen) atoms. The fourth-order valence-electron chi connectivity index (χ4n) is 13.9. The summed E-state index contributed by atoms with van der Waals surface area (Å²) in [5.41, 5.74) is 15.1. The smallest absolute Gasteiger partial charge is 0.179 e. The summed E-state index contributed by atoms with van der Waals surface area (Å²) in [7, 11) is -3.41. The van der Waals surface area contributed by atoms with Crippen molar-refractivity contribution in [3.63, 3.8) is 0 Å². The molecular formula is C80H72N12Si. The number of benzene rings is 8. The van der Waals surface area contributed by atoms with Gasteiger partial charge >= 0.3 is 0 Å². The van der Waals surface area contributed by atoms with Crippen molar-refractivity contribution in [1.29, 1.82) is 0 Å². The maximum atomic E-state index is 5.26. The summed E-state index contributed by atoms with van der Waals surface area (Å²) in [6.07, 6.45) is 8.03. The predicted octanol–water partition coefficient (Wildman–Crippen LogP) is 15.8. The zero-order valence-electron chi connectivity index (χ0n) is 54.7. The van der Waals surface area contributed by atoms with Crippen LogP contribution in [0.1, 0.15) is 106 Å². The normalized spacial score (nSPS) is 12.9. The van der Waals surface area contributed by atoms with E-state index in [1.807, 2.05) is 24.8 Å². The Labute approximate surface area is 541 Å². The Morgan fingerprint density at radius 1 is 0.237 bits per heavy atom. The summed E-state index contributed by atoms with van der Waals surface area (Å²) in [6.45, 7) is 26.0. The van der Waals surface area contributed by atoms with E-state index in [0.717, 1.165) is 134 Å². The summed E-state index contributed by atoms with van der Waals surface area (Å²) in [6, 6.07) is 71.8. The third-order valence-electron chi connectivity index (χ3n) is 18.6. The number of hydrogen-bond acceptors (Lipinski definition) is 8. The van der Waals surface area contributed by atoms with E-state index >= 15 is 0 Å². The fraction of sp³-hybridized carbons (Fsp3) is 0.200. The third kappa shape index (κ3) is 9.13. The first-order valence-corrected chi connectivity index (χ1v) is 34.1. The molecule has 456 valence electrons. The average molecular weight is 1230 g/mol. The van der Waals surface area contributed by atoms with Crippen molar-refractivity contribution in [1.82, 2.24) is 58.1 Å². The van der Waals surface area contributed by atoms with Gasteiger partial charge in [-0.3, -0.25) is 0 Å². The van der Waals surface area contributed by atoms with Crippen molar-refractivity contribution in [3.05, 3.63) is 242 Å². The van der Waals surface area contributed by atoms with Crippen LogP contribution in [0.2, 0.25) is 0 Å². The van der Waals surface area contributed by atoms with Gasteiger partial charge in [0.1, 0.15) is 45.4 Å². The number of nitrogens with zero attached hydrogens (tertiary/aromatic N) is 12. The second-order valence-corrected chi connectivity index (χ2v) is 32.9. The SMILES string of the molecule is CC(C)(C)c1ncc2c(n1)c1ccccc1n2-c1ccc([Si](c2ccc(-n3c4ccccc4c4nc(C(C)(C)C)ncc43)cc2)(c2ccc(-n3c4ccccc4c4nc(C(C)(C)C)ncc43)cc2)c2ccc(-n3c4ccccc4c4nc(C(C)(C)C)ncc43)cc2)cc1. The predicted molar refractivity (Wildman–Crippen MR) is 385 cm³/mol. The molecule has 0 spiro atoms. The molecule has 0 fully saturated rings. The molecule has 8 aromatic heterocycles. The molecule has 8 heterocycles. The van der Waals surface area contributed by atoms with E-state index < -0.39 is 8.07 Å². The molecule has 0 saturated heterocycles. The largest absolute Gasteiger partial charge is 0.306 e. The van der Waals surface area contributed by atoms with Crippen LogP contribution in [0.3, 0.4) is 0 Å². The quantitative estimate of drug-likeness (QED) is 0.109. The highest BCUT2D eigenvalue weighted by molar-refractivity contribution is 7.19. The molecule has 13 heteroatoms. The van der Waals surface area contributed by atoms with Crippen LogP contribution in [0.25, 0.3) is 110 Å². The van der Waals surface area contributed by atoms with Crippen molar-refractivity contribution in [2.45, 2.75) is 105 Å². The Morgan fingerprint density at radius 3 is 0.624 bits per heavy atom. The number of fused-ring (bicyclic) bond motifs is 12. The van der Waals surface area contributed by atoms with Gasteiger partial charge in [0.25, 0.3) is 0 Å². The van der Waals surface area contributed by atoms with Crippen molar-refractivity contribution in [3.8, 4) is 22.7 Å². The highest BCUT2D eigenvalue weighted by Crippen LogP contribution is 2.38. The van der Waals surface area contributed by atoms with Gasteiger partial charge in [-0.15, -0.1) is 0 Å². The van der Waals surface area contributed by atoms with E-state index in [4.69, 9.17) is 39.9 Å². The minimum absolute atomic E-state index is 0.225. The van der Waals surface area contributed by atoms with E-state index in [1.165, 1.54) is 20.7 Å². The van der Waals surface area contributed by atoms with Crippen LogP contribution in [-0.2, 0) is 21.7 Å². The van der Waals surface area contributed by atoms with Crippen molar-refractivity contribution >= 4 is 117 Å². The maximum absolute atomic E-state index is 5.26. The molecule has 0 atom stereocenters. The lowest BCUT2D eigenvalue weighted by atomic mass is 9.95. The van der Waals surface area contributed by atoms with E-state index in [2.05, 4.69) is 295 Å². The van der Waals surface area contributed by atoms with E-state index in [-0.39, 0.29) is 21.7 Å². The molecule has 0 bridgehead atoms. The van der Waals surface area contributed by atoms with Gasteiger partial charge in [-0.05, 0) is 93.5 Å². The molecule has 0 unspecified atom stereocenters.